The number of pyridine rings is 1. The molecule has 164 valence electrons. The highest BCUT2D eigenvalue weighted by Crippen LogP contribution is 2.27. The van der Waals surface area contributed by atoms with Gasteiger partial charge < -0.3 is 23.9 Å². The summed E-state index contributed by atoms with van der Waals surface area (Å²) in [6.07, 6.45) is 5.76. The number of ether oxygens (including phenoxy) is 2. The number of carbonyl (C=O) groups is 1. The largest absolute Gasteiger partial charge is 0.493 e. The highest BCUT2D eigenvalue weighted by atomic mass is 16.5. The minimum atomic E-state index is -0.383. The molecule has 0 saturated heterocycles. The van der Waals surface area contributed by atoms with Gasteiger partial charge in [-0.15, -0.1) is 0 Å². The molecule has 3 rings (SSSR count). The molecule has 0 radical (unpaired) electrons. The number of hydrogen-bond donors (Lipinski definition) is 1. The van der Waals surface area contributed by atoms with Crippen LogP contribution in [0.5, 0.6) is 11.5 Å². The van der Waals surface area contributed by atoms with E-state index in [0.29, 0.717) is 36.6 Å². The zero-order valence-corrected chi connectivity index (χ0v) is 18.3. The van der Waals surface area contributed by atoms with E-state index in [1.807, 2.05) is 29.7 Å². The number of amides is 1. The number of benzene rings is 1. The molecule has 1 amide bonds. The Bertz CT molecular complexity index is 1120. The molecule has 8 nitrogen and oxygen atoms in total. The average molecular weight is 425 g/mol. The molecule has 0 bridgehead atoms. The molecule has 0 atom stereocenters. The first-order chi connectivity index (χ1) is 15.0. The maximum Gasteiger partial charge on any atom is 0.263 e. The smallest absolute Gasteiger partial charge is 0.263 e. The van der Waals surface area contributed by atoms with Crippen molar-refractivity contribution in [2.75, 3.05) is 14.2 Å². The second kappa shape index (κ2) is 9.97. The van der Waals surface area contributed by atoms with E-state index in [0.717, 1.165) is 17.8 Å². The zero-order chi connectivity index (χ0) is 22.4. The topological polar surface area (TPSA) is 87.4 Å². The predicted molar refractivity (Wildman–Crippen MR) is 118 cm³/mol. The normalized spacial score (nSPS) is 10.7. The summed E-state index contributed by atoms with van der Waals surface area (Å²) in [4.78, 5) is 29.9. The van der Waals surface area contributed by atoms with Crippen LogP contribution in [0.1, 0.15) is 34.1 Å². The molecular weight excluding hydrogens is 396 g/mol. The fourth-order valence-electron chi connectivity index (χ4n) is 3.44. The molecule has 0 aliphatic heterocycles. The van der Waals surface area contributed by atoms with E-state index in [1.54, 1.807) is 50.5 Å². The second-order valence-electron chi connectivity index (χ2n) is 7.17. The summed E-state index contributed by atoms with van der Waals surface area (Å²) in [6.45, 7) is 5.29. The number of hydrogen-bond acceptors (Lipinski definition) is 5. The van der Waals surface area contributed by atoms with Crippen molar-refractivity contribution in [1.82, 2.24) is 19.4 Å². The van der Waals surface area contributed by atoms with Crippen molar-refractivity contribution in [3.8, 4) is 11.5 Å². The zero-order valence-electron chi connectivity index (χ0n) is 18.3. The molecule has 0 fully saturated rings. The summed E-state index contributed by atoms with van der Waals surface area (Å²) in [7, 11) is 3.18. The van der Waals surface area contributed by atoms with Crippen LogP contribution in [-0.4, -0.2) is 34.2 Å². The third-order valence-corrected chi connectivity index (χ3v) is 5.26. The first-order valence-electron chi connectivity index (χ1n) is 10.2. The van der Waals surface area contributed by atoms with Gasteiger partial charge in [0.15, 0.2) is 11.5 Å². The summed E-state index contributed by atoms with van der Waals surface area (Å²) in [5.41, 5.74) is 2.40. The monoisotopic (exact) mass is 424 g/mol. The van der Waals surface area contributed by atoms with E-state index in [-0.39, 0.29) is 17.0 Å². The van der Waals surface area contributed by atoms with Crippen molar-refractivity contribution >= 4 is 5.91 Å². The first-order valence-corrected chi connectivity index (χ1v) is 10.2. The van der Waals surface area contributed by atoms with E-state index in [1.165, 1.54) is 0 Å². The van der Waals surface area contributed by atoms with Gasteiger partial charge in [-0.05, 0) is 49.6 Å². The highest BCUT2D eigenvalue weighted by Gasteiger charge is 2.16. The van der Waals surface area contributed by atoms with Crippen molar-refractivity contribution in [1.29, 1.82) is 0 Å². The number of rotatable bonds is 9. The maximum absolute atomic E-state index is 13.0. The van der Waals surface area contributed by atoms with Crippen LogP contribution in [0, 0.1) is 6.92 Å². The Morgan fingerprint density at radius 3 is 2.61 bits per heavy atom. The van der Waals surface area contributed by atoms with Crippen molar-refractivity contribution in [3.05, 3.63) is 75.7 Å². The molecule has 0 unspecified atom stereocenters. The Balaban J connectivity index is 1.74. The van der Waals surface area contributed by atoms with Crippen molar-refractivity contribution in [2.24, 2.45) is 0 Å². The van der Waals surface area contributed by atoms with Gasteiger partial charge in [-0.3, -0.25) is 9.59 Å². The third kappa shape index (κ3) is 4.96. The Morgan fingerprint density at radius 2 is 1.90 bits per heavy atom. The van der Waals surface area contributed by atoms with Crippen LogP contribution in [0.25, 0.3) is 0 Å². The molecule has 1 aromatic carbocycles. The Labute approximate surface area is 181 Å². The minimum absolute atomic E-state index is 0.164. The molecule has 3 aromatic rings. The van der Waals surface area contributed by atoms with Crippen molar-refractivity contribution in [2.45, 2.75) is 39.9 Å². The number of nitrogens with zero attached hydrogens (tertiary/aromatic N) is 3. The first kappa shape index (κ1) is 22.1. The SMILES string of the molecule is CCn1cncc1CNC(=O)c1c(C)ccn(CCc2ccc(OC)c(OC)c2)c1=O. The van der Waals surface area contributed by atoms with Gasteiger partial charge in [0.1, 0.15) is 5.56 Å². The highest BCUT2D eigenvalue weighted by molar-refractivity contribution is 5.95. The lowest BCUT2D eigenvalue weighted by Crippen LogP contribution is -2.34. The lowest BCUT2D eigenvalue weighted by Gasteiger charge is -2.13. The number of imidazole rings is 1. The molecule has 31 heavy (non-hydrogen) atoms. The van der Waals surface area contributed by atoms with Crippen LogP contribution in [0.4, 0.5) is 0 Å². The van der Waals surface area contributed by atoms with E-state index in [2.05, 4.69) is 10.3 Å². The van der Waals surface area contributed by atoms with Crippen LogP contribution in [0.2, 0.25) is 0 Å². The van der Waals surface area contributed by atoms with Gasteiger partial charge in [0, 0.05) is 25.5 Å². The maximum atomic E-state index is 13.0. The minimum Gasteiger partial charge on any atom is -0.493 e. The number of nitrogens with one attached hydrogen (secondary N) is 1. The van der Waals surface area contributed by atoms with Gasteiger partial charge in [-0.2, -0.15) is 0 Å². The molecule has 1 N–H and O–H groups in total. The van der Waals surface area contributed by atoms with Crippen molar-refractivity contribution in [3.63, 3.8) is 0 Å². The molecule has 0 aliphatic carbocycles. The van der Waals surface area contributed by atoms with Gasteiger partial charge in [0.05, 0.1) is 32.8 Å². The quantitative estimate of drug-likeness (QED) is 0.570. The van der Waals surface area contributed by atoms with Crippen molar-refractivity contribution < 1.29 is 14.3 Å². The molecule has 2 aromatic heterocycles. The molecule has 0 spiro atoms. The molecule has 0 aliphatic rings. The van der Waals surface area contributed by atoms with Gasteiger partial charge in [0.2, 0.25) is 0 Å². The summed E-state index contributed by atoms with van der Waals surface area (Å²) in [5, 5.41) is 2.84. The van der Waals surface area contributed by atoms with Crippen LogP contribution in [0.15, 0.2) is 47.8 Å². The number of carbonyl (C=O) groups excluding carboxylic acids is 1. The second-order valence-corrected chi connectivity index (χ2v) is 7.17. The fraction of sp³-hybridized carbons (Fsp3) is 0.348. The van der Waals surface area contributed by atoms with E-state index < -0.39 is 0 Å². The van der Waals surface area contributed by atoms with Gasteiger partial charge in [-0.1, -0.05) is 6.07 Å². The molecule has 8 heteroatoms. The van der Waals surface area contributed by atoms with Crippen LogP contribution >= 0.6 is 0 Å². The molecule has 2 heterocycles. The average Bonchev–Trinajstić information content (AvgIpc) is 3.24. The fourth-order valence-corrected chi connectivity index (χ4v) is 3.44. The van der Waals surface area contributed by atoms with E-state index in [9.17, 15) is 9.59 Å². The molecule has 0 saturated carbocycles. The Hall–Kier alpha value is -3.55. The van der Waals surface area contributed by atoms with Gasteiger partial charge in [0.25, 0.3) is 11.5 Å². The summed E-state index contributed by atoms with van der Waals surface area (Å²) in [6, 6.07) is 7.46. The van der Waals surface area contributed by atoms with E-state index >= 15 is 0 Å². The van der Waals surface area contributed by atoms with Gasteiger partial charge in [-0.25, -0.2) is 4.98 Å². The molecular formula is C23H28N4O4. The van der Waals surface area contributed by atoms with E-state index in [4.69, 9.17) is 9.47 Å². The Kier molecular flexibility index (Phi) is 7.12. The lowest BCUT2D eigenvalue weighted by atomic mass is 10.1. The number of aryl methyl sites for hydroxylation is 4. The van der Waals surface area contributed by atoms with Crippen LogP contribution in [-0.2, 0) is 26.1 Å². The predicted octanol–water partition coefficient (Wildman–Crippen LogP) is 2.56. The summed E-state index contributed by atoms with van der Waals surface area (Å²) < 4.78 is 14.1. The number of methoxy groups -OCH3 is 2. The Morgan fingerprint density at radius 1 is 1.13 bits per heavy atom. The summed E-state index contributed by atoms with van der Waals surface area (Å²) >= 11 is 0. The van der Waals surface area contributed by atoms with Crippen LogP contribution < -0.4 is 20.3 Å². The summed E-state index contributed by atoms with van der Waals surface area (Å²) in [5.74, 6) is 0.914. The van der Waals surface area contributed by atoms with Crippen LogP contribution in [0.3, 0.4) is 0 Å². The van der Waals surface area contributed by atoms with Gasteiger partial charge >= 0.3 is 0 Å². The number of aromatic nitrogens is 3. The lowest BCUT2D eigenvalue weighted by molar-refractivity contribution is 0.0947. The third-order valence-electron chi connectivity index (χ3n) is 5.26. The standard InChI is InChI=1S/C23H28N4O4/c1-5-26-15-24-13-18(26)14-25-22(28)21-16(2)8-10-27(23(21)29)11-9-17-6-7-19(30-3)20(12-17)31-4/h6-8,10,12-13,15H,5,9,11,14H2,1-4H3,(H,25,28).